The van der Waals surface area contributed by atoms with Crippen molar-refractivity contribution in [2.45, 2.75) is 45.1 Å². The van der Waals surface area contributed by atoms with Crippen LogP contribution in [0.1, 0.15) is 49.4 Å². The van der Waals surface area contributed by atoms with Crippen molar-refractivity contribution in [3.05, 3.63) is 29.8 Å². The molecule has 2 amide bonds. The molecule has 1 aromatic carbocycles. The number of carbonyl (C=O) groups excluding carboxylic acids is 2. The van der Waals surface area contributed by atoms with Crippen molar-refractivity contribution in [1.29, 1.82) is 0 Å². The Morgan fingerprint density at radius 1 is 1.35 bits per heavy atom. The lowest BCUT2D eigenvalue weighted by Gasteiger charge is -2.35. The van der Waals surface area contributed by atoms with E-state index in [9.17, 15) is 9.59 Å². The molecule has 126 valence electrons. The van der Waals surface area contributed by atoms with Crippen molar-refractivity contribution in [1.82, 2.24) is 10.2 Å². The molecule has 1 aliphatic rings. The minimum absolute atomic E-state index is 0.141. The van der Waals surface area contributed by atoms with E-state index in [1.54, 1.807) is 31.4 Å². The van der Waals surface area contributed by atoms with Gasteiger partial charge in [-0.2, -0.15) is 0 Å². The fourth-order valence-electron chi connectivity index (χ4n) is 3.05. The number of piperidine rings is 1. The lowest BCUT2D eigenvalue weighted by atomic mass is 9.99. The van der Waals surface area contributed by atoms with Gasteiger partial charge in [0.15, 0.2) is 0 Å². The normalized spacial score (nSPS) is 17.7. The second kappa shape index (κ2) is 8.56. The van der Waals surface area contributed by atoms with Crippen LogP contribution in [-0.2, 0) is 4.79 Å². The molecule has 0 saturated carbocycles. The maximum Gasteiger partial charge on any atom is 0.251 e. The molecule has 1 atom stereocenters. The average Bonchev–Trinajstić information content (AvgIpc) is 2.61. The van der Waals surface area contributed by atoms with Crippen LogP contribution in [0.25, 0.3) is 0 Å². The molecule has 5 heteroatoms. The monoisotopic (exact) mass is 318 g/mol. The highest BCUT2D eigenvalue weighted by atomic mass is 16.5. The van der Waals surface area contributed by atoms with E-state index in [-0.39, 0.29) is 11.8 Å². The standard InChI is InChI=1S/C18H26N2O3/c1-3-15-8-4-5-12-20(15)17(21)10-11-19-18(22)14-7-6-9-16(13-14)23-2/h6-7,9,13,15H,3-5,8,10-12H2,1-2H3,(H,19,22). The van der Waals surface area contributed by atoms with Gasteiger partial charge >= 0.3 is 0 Å². The zero-order valence-electron chi connectivity index (χ0n) is 14.0. The minimum atomic E-state index is -0.178. The van der Waals surface area contributed by atoms with E-state index in [1.807, 2.05) is 4.90 Å². The zero-order chi connectivity index (χ0) is 16.7. The number of hydrogen-bond donors (Lipinski definition) is 1. The van der Waals surface area contributed by atoms with Gasteiger partial charge in [-0.25, -0.2) is 0 Å². The topological polar surface area (TPSA) is 58.6 Å². The van der Waals surface area contributed by atoms with Crippen LogP contribution in [0.4, 0.5) is 0 Å². The highest BCUT2D eigenvalue weighted by molar-refractivity contribution is 5.94. The van der Waals surface area contributed by atoms with E-state index in [1.165, 1.54) is 6.42 Å². The van der Waals surface area contributed by atoms with Gasteiger partial charge in [0, 0.05) is 31.1 Å². The second-order valence-corrected chi connectivity index (χ2v) is 5.88. The summed E-state index contributed by atoms with van der Waals surface area (Å²) in [5, 5.41) is 2.81. The summed E-state index contributed by atoms with van der Waals surface area (Å²) < 4.78 is 5.11. The molecule has 0 aliphatic carbocycles. The Balaban J connectivity index is 1.81. The Labute approximate surface area is 138 Å². The summed E-state index contributed by atoms with van der Waals surface area (Å²) >= 11 is 0. The van der Waals surface area contributed by atoms with E-state index in [4.69, 9.17) is 4.74 Å². The number of carbonyl (C=O) groups is 2. The number of likely N-dealkylation sites (tertiary alicyclic amines) is 1. The Morgan fingerprint density at radius 3 is 2.91 bits per heavy atom. The Morgan fingerprint density at radius 2 is 2.17 bits per heavy atom. The smallest absolute Gasteiger partial charge is 0.251 e. The quantitative estimate of drug-likeness (QED) is 0.877. The van der Waals surface area contributed by atoms with E-state index in [2.05, 4.69) is 12.2 Å². The van der Waals surface area contributed by atoms with Crippen LogP contribution in [0, 0.1) is 0 Å². The number of hydrogen-bond acceptors (Lipinski definition) is 3. The molecule has 5 nitrogen and oxygen atoms in total. The van der Waals surface area contributed by atoms with Crippen LogP contribution in [0.2, 0.25) is 0 Å². The summed E-state index contributed by atoms with van der Waals surface area (Å²) in [5.74, 6) is 0.609. The largest absolute Gasteiger partial charge is 0.497 e. The van der Waals surface area contributed by atoms with Crippen molar-refractivity contribution >= 4 is 11.8 Å². The first-order chi connectivity index (χ1) is 11.2. The lowest BCUT2D eigenvalue weighted by molar-refractivity contribution is -0.134. The molecule has 23 heavy (non-hydrogen) atoms. The van der Waals surface area contributed by atoms with Crippen LogP contribution < -0.4 is 10.1 Å². The molecule has 1 N–H and O–H groups in total. The fourth-order valence-corrected chi connectivity index (χ4v) is 3.05. The summed E-state index contributed by atoms with van der Waals surface area (Å²) in [6.07, 6.45) is 4.74. The maximum absolute atomic E-state index is 12.3. The van der Waals surface area contributed by atoms with Gasteiger partial charge in [-0.05, 0) is 43.9 Å². The van der Waals surface area contributed by atoms with Crippen molar-refractivity contribution in [3.63, 3.8) is 0 Å². The third-order valence-corrected chi connectivity index (χ3v) is 4.38. The number of ether oxygens (including phenoxy) is 1. The molecule has 1 aromatic rings. The van der Waals surface area contributed by atoms with Crippen LogP contribution in [0.5, 0.6) is 5.75 Å². The fraction of sp³-hybridized carbons (Fsp3) is 0.556. The van der Waals surface area contributed by atoms with Crippen molar-refractivity contribution in [2.24, 2.45) is 0 Å². The van der Waals surface area contributed by atoms with Gasteiger partial charge in [0.05, 0.1) is 7.11 Å². The van der Waals surface area contributed by atoms with E-state index >= 15 is 0 Å². The van der Waals surface area contributed by atoms with Crippen LogP contribution in [0.15, 0.2) is 24.3 Å². The number of rotatable bonds is 6. The molecule has 1 fully saturated rings. The number of methoxy groups -OCH3 is 1. The van der Waals surface area contributed by atoms with Gasteiger partial charge in [0.2, 0.25) is 5.91 Å². The average molecular weight is 318 g/mol. The zero-order valence-corrected chi connectivity index (χ0v) is 14.0. The SMILES string of the molecule is CCC1CCCCN1C(=O)CCNC(=O)c1cccc(OC)c1. The predicted molar refractivity (Wildman–Crippen MR) is 89.6 cm³/mol. The minimum Gasteiger partial charge on any atom is -0.497 e. The van der Waals surface area contributed by atoms with E-state index in [0.29, 0.717) is 30.3 Å². The molecule has 1 saturated heterocycles. The summed E-state index contributed by atoms with van der Waals surface area (Å²) in [4.78, 5) is 26.4. The molecule has 1 unspecified atom stereocenters. The first-order valence-corrected chi connectivity index (χ1v) is 8.37. The van der Waals surface area contributed by atoms with E-state index < -0.39 is 0 Å². The predicted octanol–water partition coefficient (Wildman–Crippen LogP) is 2.61. The molecular formula is C18H26N2O3. The molecule has 0 aromatic heterocycles. The molecule has 0 spiro atoms. The highest BCUT2D eigenvalue weighted by Gasteiger charge is 2.24. The first-order valence-electron chi connectivity index (χ1n) is 8.37. The molecule has 1 heterocycles. The first kappa shape index (κ1) is 17.3. The Hall–Kier alpha value is -2.04. The molecule has 1 aliphatic heterocycles. The number of amides is 2. The maximum atomic E-state index is 12.3. The van der Waals surface area contributed by atoms with Crippen molar-refractivity contribution in [3.8, 4) is 5.75 Å². The number of nitrogens with zero attached hydrogens (tertiary/aromatic N) is 1. The Bertz CT molecular complexity index is 545. The molecule has 0 radical (unpaired) electrons. The van der Waals surface area contributed by atoms with Crippen molar-refractivity contribution < 1.29 is 14.3 Å². The Kier molecular flexibility index (Phi) is 6.44. The van der Waals surface area contributed by atoms with E-state index in [0.717, 1.165) is 25.8 Å². The number of nitrogens with one attached hydrogen (secondary N) is 1. The van der Waals surface area contributed by atoms with Crippen LogP contribution in [-0.4, -0.2) is 43.0 Å². The molecule has 0 bridgehead atoms. The van der Waals surface area contributed by atoms with Crippen LogP contribution in [0.3, 0.4) is 0 Å². The van der Waals surface area contributed by atoms with Crippen molar-refractivity contribution in [2.75, 3.05) is 20.2 Å². The third kappa shape index (κ3) is 4.71. The summed E-state index contributed by atoms with van der Waals surface area (Å²) in [6.45, 7) is 3.34. The number of benzene rings is 1. The lowest BCUT2D eigenvalue weighted by Crippen LogP contribution is -2.44. The highest BCUT2D eigenvalue weighted by Crippen LogP contribution is 2.20. The summed E-state index contributed by atoms with van der Waals surface area (Å²) in [6, 6.07) is 7.36. The van der Waals surface area contributed by atoms with Gasteiger partial charge < -0.3 is 15.0 Å². The van der Waals surface area contributed by atoms with Gasteiger partial charge in [-0.3, -0.25) is 9.59 Å². The third-order valence-electron chi connectivity index (χ3n) is 4.38. The summed E-state index contributed by atoms with van der Waals surface area (Å²) in [5.41, 5.74) is 0.543. The van der Waals surface area contributed by atoms with Gasteiger partial charge in [-0.1, -0.05) is 13.0 Å². The van der Waals surface area contributed by atoms with Crippen LogP contribution >= 0.6 is 0 Å². The van der Waals surface area contributed by atoms with Gasteiger partial charge in [-0.15, -0.1) is 0 Å². The van der Waals surface area contributed by atoms with Gasteiger partial charge in [0.25, 0.3) is 5.91 Å². The van der Waals surface area contributed by atoms with Gasteiger partial charge in [0.1, 0.15) is 5.75 Å². The second-order valence-electron chi connectivity index (χ2n) is 5.88. The molecule has 2 rings (SSSR count). The molecular weight excluding hydrogens is 292 g/mol. The summed E-state index contributed by atoms with van der Waals surface area (Å²) in [7, 11) is 1.57.